The van der Waals surface area contributed by atoms with Crippen LogP contribution in [0, 0.1) is 11.6 Å². The van der Waals surface area contributed by atoms with Gasteiger partial charge in [-0.1, -0.05) is 11.6 Å². The van der Waals surface area contributed by atoms with Gasteiger partial charge in [-0.3, -0.25) is 0 Å². The normalized spacial score (nSPS) is 12.3. The van der Waals surface area contributed by atoms with Gasteiger partial charge < -0.3 is 9.73 Å². The maximum absolute atomic E-state index is 13.3. The van der Waals surface area contributed by atoms with Gasteiger partial charge in [0.05, 0.1) is 10.6 Å². The lowest BCUT2D eigenvalue weighted by atomic mass is 10.1. The molecule has 1 atom stereocenters. The van der Waals surface area contributed by atoms with Crippen LogP contribution in [-0.4, -0.2) is 0 Å². The fraction of sp³-hybridized carbons (Fsp3) is 0.0667. The summed E-state index contributed by atoms with van der Waals surface area (Å²) in [5.41, 5.74) is 0.458. The second-order valence-electron chi connectivity index (χ2n) is 4.36. The van der Waals surface area contributed by atoms with Crippen LogP contribution < -0.4 is 5.32 Å². The summed E-state index contributed by atoms with van der Waals surface area (Å²) in [6.07, 6.45) is 1.56. The van der Waals surface area contributed by atoms with E-state index >= 15 is 0 Å². The predicted octanol–water partition coefficient (Wildman–Crippen LogP) is 5.47. The molecule has 0 aliphatic rings. The second-order valence-corrected chi connectivity index (χ2v) is 6.11. The highest BCUT2D eigenvalue weighted by atomic mass is 35.5. The number of hydrogen-bond donors (Lipinski definition) is 1. The molecule has 2 nitrogen and oxygen atoms in total. The Balaban J connectivity index is 1.94. The van der Waals surface area contributed by atoms with E-state index in [1.165, 1.54) is 17.4 Å². The molecule has 1 unspecified atom stereocenters. The molecule has 0 saturated carbocycles. The molecule has 1 aromatic carbocycles. The van der Waals surface area contributed by atoms with Crippen molar-refractivity contribution in [1.82, 2.24) is 0 Å². The molecule has 0 aliphatic carbocycles. The number of furan rings is 1. The number of rotatable bonds is 4. The van der Waals surface area contributed by atoms with Crippen molar-refractivity contribution in [2.24, 2.45) is 0 Å². The van der Waals surface area contributed by atoms with Crippen LogP contribution in [0.5, 0.6) is 0 Å². The van der Waals surface area contributed by atoms with E-state index in [0.717, 1.165) is 17.0 Å². The third-order valence-corrected chi connectivity index (χ3v) is 4.23. The molecule has 108 valence electrons. The largest absolute Gasteiger partial charge is 0.467 e. The Labute approximate surface area is 129 Å². The molecular formula is C15H10ClF2NOS. The van der Waals surface area contributed by atoms with Crippen molar-refractivity contribution in [3.63, 3.8) is 0 Å². The first-order valence-corrected chi connectivity index (χ1v) is 7.33. The molecule has 0 fully saturated rings. The highest BCUT2D eigenvalue weighted by Crippen LogP contribution is 2.34. The minimum absolute atomic E-state index is 0.317. The lowest BCUT2D eigenvalue weighted by Crippen LogP contribution is -2.10. The van der Waals surface area contributed by atoms with Crippen LogP contribution in [0.2, 0.25) is 4.34 Å². The molecule has 0 amide bonds. The summed E-state index contributed by atoms with van der Waals surface area (Å²) in [7, 11) is 0. The Morgan fingerprint density at radius 3 is 2.57 bits per heavy atom. The molecular weight excluding hydrogens is 316 g/mol. The average Bonchev–Trinajstić information content (AvgIpc) is 3.11. The van der Waals surface area contributed by atoms with Crippen molar-refractivity contribution in [3.05, 3.63) is 75.3 Å². The van der Waals surface area contributed by atoms with E-state index in [0.29, 0.717) is 15.8 Å². The summed E-state index contributed by atoms with van der Waals surface area (Å²) in [6, 6.07) is 10.6. The zero-order valence-corrected chi connectivity index (χ0v) is 12.2. The Kier molecular flexibility index (Phi) is 3.94. The zero-order valence-electron chi connectivity index (χ0n) is 10.6. The van der Waals surface area contributed by atoms with Gasteiger partial charge in [0.15, 0.2) is 11.6 Å². The predicted molar refractivity (Wildman–Crippen MR) is 79.9 cm³/mol. The molecule has 2 heterocycles. The molecule has 3 aromatic rings. The van der Waals surface area contributed by atoms with Gasteiger partial charge in [0.2, 0.25) is 0 Å². The van der Waals surface area contributed by atoms with E-state index in [-0.39, 0.29) is 6.04 Å². The number of hydrogen-bond acceptors (Lipinski definition) is 3. The van der Waals surface area contributed by atoms with Crippen LogP contribution in [0.1, 0.15) is 16.7 Å². The standard InChI is InChI=1S/C15H10ClF2NOS/c16-14-6-5-13(21-14)15(12-2-1-7-20-12)19-9-3-4-10(17)11(18)8-9/h1-8,15,19H. The number of benzene rings is 1. The molecule has 0 bridgehead atoms. The molecule has 2 aromatic heterocycles. The minimum Gasteiger partial charge on any atom is -0.467 e. The van der Waals surface area contributed by atoms with Gasteiger partial charge in [-0.15, -0.1) is 11.3 Å². The number of nitrogens with one attached hydrogen (secondary N) is 1. The summed E-state index contributed by atoms with van der Waals surface area (Å²) in [6.45, 7) is 0. The lowest BCUT2D eigenvalue weighted by molar-refractivity contribution is 0.499. The quantitative estimate of drug-likeness (QED) is 0.687. The Hall–Kier alpha value is -1.85. The molecule has 21 heavy (non-hydrogen) atoms. The second kappa shape index (κ2) is 5.87. The zero-order chi connectivity index (χ0) is 14.8. The van der Waals surface area contributed by atoms with E-state index in [1.54, 1.807) is 18.4 Å². The topological polar surface area (TPSA) is 25.2 Å². The Morgan fingerprint density at radius 1 is 1.10 bits per heavy atom. The number of thiophene rings is 1. The molecule has 0 radical (unpaired) electrons. The summed E-state index contributed by atoms with van der Waals surface area (Å²) >= 11 is 7.36. The van der Waals surface area contributed by atoms with Gasteiger partial charge in [0, 0.05) is 16.6 Å². The Bertz CT molecular complexity index is 742. The first-order valence-electron chi connectivity index (χ1n) is 6.14. The van der Waals surface area contributed by atoms with E-state index in [9.17, 15) is 8.78 Å². The molecule has 1 N–H and O–H groups in total. The smallest absolute Gasteiger partial charge is 0.160 e. The van der Waals surface area contributed by atoms with E-state index in [1.807, 2.05) is 12.1 Å². The first-order chi connectivity index (χ1) is 10.1. The van der Waals surface area contributed by atoms with Crippen molar-refractivity contribution in [1.29, 1.82) is 0 Å². The van der Waals surface area contributed by atoms with Crippen LogP contribution in [0.4, 0.5) is 14.5 Å². The summed E-state index contributed by atoms with van der Waals surface area (Å²) in [5, 5.41) is 3.13. The van der Waals surface area contributed by atoms with Gasteiger partial charge in [-0.2, -0.15) is 0 Å². The van der Waals surface area contributed by atoms with Crippen LogP contribution in [0.3, 0.4) is 0 Å². The molecule has 3 rings (SSSR count). The highest BCUT2D eigenvalue weighted by molar-refractivity contribution is 7.16. The first kappa shape index (κ1) is 14.1. The maximum atomic E-state index is 13.3. The molecule has 0 aliphatic heterocycles. The molecule has 6 heteroatoms. The SMILES string of the molecule is Fc1ccc(NC(c2ccco2)c2ccc(Cl)s2)cc1F. The number of halogens is 3. The van der Waals surface area contributed by atoms with Crippen molar-refractivity contribution in [3.8, 4) is 0 Å². The summed E-state index contributed by atoms with van der Waals surface area (Å²) in [5.74, 6) is -1.12. The van der Waals surface area contributed by atoms with Crippen molar-refractivity contribution in [2.45, 2.75) is 6.04 Å². The average molecular weight is 326 g/mol. The lowest BCUT2D eigenvalue weighted by Gasteiger charge is -2.16. The van der Waals surface area contributed by atoms with Crippen molar-refractivity contribution >= 4 is 28.6 Å². The van der Waals surface area contributed by atoms with Crippen molar-refractivity contribution < 1.29 is 13.2 Å². The van der Waals surface area contributed by atoms with Gasteiger partial charge in [-0.25, -0.2) is 8.78 Å². The maximum Gasteiger partial charge on any atom is 0.160 e. The third kappa shape index (κ3) is 3.09. The summed E-state index contributed by atoms with van der Waals surface area (Å²) in [4.78, 5) is 0.916. The Morgan fingerprint density at radius 2 is 1.95 bits per heavy atom. The fourth-order valence-electron chi connectivity index (χ4n) is 1.97. The van der Waals surface area contributed by atoms with Gasteiger partial charge >= 0.3 is 0 Å². The molecule has 0 spiro atoms. The van der Waals surface area contributed by atoms with Crippen molar-refractivity contribution in [2.75, 3.05) is 5.32 Å². The number of anilines is 1. The van der Waals surface area contributed by atoms with Gasteiger partial charge in [-0.05, 0) is 36.4 Å². The van der Waals surface area contributed by atoms with Crippen LogP contribution in [0.25, 0.3) is 0 Å². The summed E-state index contributed by atoms with van der Waals surface area (Å²) < 4.78 is 32.4. The van der Waals surface area contributed by atoms with Crippen LogP contribution >= 0.6 is 22.9 Å². The fourth-order valence-corrected chi connectivity index (χ4v) is 3.09. The third-order valence-electron chi connectivity index (χ3n) is 2.94. The van der Waals surface area contributed by atoms with Gasteiger partial charge in [0.1, 0.15) is 11.8 Å². The molecule has 0 saturated heterocycles. The van der Waals surface area contributed by atoms with Crippen LogP contribution in [0.15, 0.2) is 53.1 Å². The van der Waals surface area contributed by atoms with E-state index in [2.05, 4.69) is 5.32 Å². The minimum atomic E-state index is -0.901. The van der Waals surface area contributed by atoms with Gasteiger partial charge in [0.25, 0.3) is 0 Å². The van der Waals surface area contributed by atoms with E-state index < -0.39 is 11.6 Å². The monoisotopic (exact) mass is 325 g/mol. The van der Waals surface area contributed by atoms with E-state index in [4.69, 9.17) is 16.0 Å². The van der Waals surface area contributed by atoms with Crippen LogP contribution in [-0.2, 0) is 0 Å². The highest BCUT2D eigenvalue weighted by Gasteiger charge is 2.19.